The summed E-state index contributed by atoms with van der Waals surface area (Å²) in [5.74, 6) is 7.50. The van der Waals surface area contributed by atoms with Crippen molar-refractivity contribution in [3.05, 3.63) is 82.9 Å². The average molecular weight is 391 g/mol. The van der Waals surface area contributed by atoms with E-state index in [1.165, 1.54) is 50.2 Å². The van der Waals surface area contributed by atoms with Gasteiger partial charge in [-0.15, -0.1) is 0 Å². The van der Waals surface area contributed by atoms with Gasteiger partial charge < -0.3 is 0 Å². The standard InChI is InChI=1S/C27H28F2/c1-2-3-20-8-12-25-18-24(14-13-23(25)16-20)22-10-6-19(7-11-22)4-5-21-9-15-26(28)27(29)17-21/h2-3,6-7,9-11,15,17,20,23-25H,8,12-14,16,18H2,1H3/b3-2+. The molecule has 0 bridgehead atoms. The van der Waals surface area contributed by atoms with Crippen molar-refractivity contribution in [2.24, 2.45) is 17.8 Å². The van der Waals surface area contributed by atoms with E-state index in [1.807, 2.05) is 0 Å². The van der Waals surface area contributed by atoms with Gasteiger partial charge in [-0.05, 0) is 105 Å². The van der Waals surface area contributed by atoms with Gasteiger partial charge >= 0.3 is 0 Å². The number of halogens is 2. The summed E-state index contributed by atoms with van der Waals surface area (Å²) in [7, 11) is 0. The van der Waals surface area contributed by atoms with Crippen LogP contribution in [0.2, 0.25) is 0 Å². The van der Waals surface area contributed by atoms with E-state index in [4.69, 9.17) is 0 Å². The first kappa shape index (κ1) is 19.9. The molecule has 0 nitrogen and oxygen atoms in total. The number of hydrogen-bond donors (Lipinski definition) is 0. The number of fused-ring (bicyclic) bond motifs is 1. The Labute approximate surface area is 173 Å². The molecule has 2 saturated carbocycles. The molecule has 2 aliphatic carbocycles. The smallest absolute Gasteiger partial charge is 0.160 e. The molecule has 0 heterocycles. The van der Waals surface area contributed by atoms with Crippen molar-refractivity contribution in [2.75, 3.05) is 0 Å². The van der Waals surface area contributed by atoms with Crippen LogP contribution in [0.4, 0.5) is 8.78 Å². The van der Waals surface area contributed by atoms with Gasteiger partial charge in [-0.3, -0.25) is 0 Å². The zero-order valence-corrected chi connectivity index (χ0v) is 17.0. The fourth-order valence-electron chi connectivity index (χ4n) is 5.23. The van der Waals surface area contributed by atoms with Gasteiger partial charge in [-0.2, -0.15) is 0 Å². The summed E-state index contributed by atoms with van der Waals surface area (Å²) in [6.45, 7) is 2.13. The second-order valence-corrected chi connectivity index (χ2v) is 8.63. The first-order valence-corrected chi connectivity index (χ1v) is 10.8. The Morgan fingerprint density at radius 3 is 2.24 bits per heavy atom. The SMILES string of the molecule is C/C=C/C1CCC2CC(c3ccc(C#Cc4ccc(F)c(F)c4)cc3)CCC2C1. The molecule has 0 aromatic heterocycles. The lowest BCUT2D eigenvalue weighted by Crippen LogP contribution is -2.30. The second kappa shape index (κ2) is 8.95. The van der Waals surface area contributed by atoms with Gasteiger partial charge in [0.2, 0.25) is 0 Å². The van der Waals surface area contributed by atoms with E-state index < -0.39 is 11.6 Å². The van der Waals surface area contributed by atoms with Crippen LogP contribution < -0.4 is 0 Å². The summed E-state index contributed by atoms with van der Waals surface area (Å²) >= 11 is 0. The van der Waals surface area contributed by atoms with Crippen LogP contribution in [0.5, 0.6) is 0 Å². The molecule has 2 fully saturated rings. The van der Waals surface area contributed by atoms with Crippen molar-refractivity contribution in [1.82, 2.24) is 0 Å². The summed E-state index contributed by atoms with van der Waals surface area (Å²) in [4.78, 5) is 0. The highest BCUT2D eigenvalue weighted by molar-refractivity contribution is 5.44. The molecule has 4 rings (SSSR count). The first-order chi connectivity index (χ1) is 14.1. The molecule has 0 amide bonds. The van der Waals surface area contributed by atoms with Gasteiger partial charge in [0.1, 0.15) is 0 Å². The minimum absolute atomic E-state index is 0.486. The van der Waals surface area contributed by atoms with Gasteiger partial charge in [0, 0.05) is 11.1 Å². The number of hydrogen-bond acceptors (Lipinski definition) is 0. The molecule has 2 aromatic carbocycles. The lowest BCUT2D eigenvalue weighted by Gasteiger charge is -2.41. The molecule has 0 N–H and O–H groups in total. The molecular formula is C27H28F2. The highest BCUT2D eigenvalue weighted by atomic mass is 19.2. The van der Waals surface area contributed by atoms with Gasteiger partial charge in [0.25, 0.3) is 0 Å². The van der Waals surface area contributed by atoms with Crippen molar-refractivity contribution >= 4 is 0 Å². The summed E-state index contributed by atoms with van der Waals surface area (Å²) in [6, 6.07) is 12.3. The lowest BCUT2D eigenvalue weighted by molar-refractivity contribution is 0.133. The van der Waals surface area contributed by atoms with Crippen LogP contribution in [0.3, 0.4) is 0 Å². The maximum Gasteiger partial charge on any atom is 0.160 e. The molecule has 0 spiro atoms. The molecule has 29 heavy (non-hydrogen) atoms. The van der Waals surface area contributed by atoms with Gasteiger partial charge in [0.05, 0.1) is 0 Å². The van der Waals surface area contributed by atoms with Crippen LogP contribution >= 0.6 is 0 Å². The minimum atomic E-state index is -0.859. The average Bonchev–Trinajstić information content (AvgIpc) is 2.75. The normalized spacial score (nSPS) is 26.6. The molecule has 2 heteroatoms. The predicted molar refractivity (Wildman–Crippen MR) is 115 cm³/mol. The maximum absolute atomic E-state index is 13.3. The van der Waals surface area contributed by atoms with E-state index in [0.717, 1.165) is 35.4 Å². The highest BCUT2D eigenvalue weighted by Crippen LogP contribution is 2.47. The summed E-state index contributed by atoms with van der Waals surface area (Å²) < 4.78 is 26.3. The number of benzene rings is 2. The molecule has 150 valence electrons. The third-order valence-corrected chi connectivity index (χ3v) is 6.77. The second-order valence-electron chi connectivity index (χ2n) is 8.63. The van der Waals surface area contributed by atoms with E-state index in [1.54, 1.807) is 0 Å². The third-order valence-electron chi connectivity index (χ3n) is 6.77. The van der Waals surface area contributed by atoms with Crippen LogP contribution in [0.1, 0.15) is 68.1 Å². The molecule has 0 radical (unpaired) electrons. The largest absolute Gasteiger partial charge is 0.204 e. The van der Waals surface area contributed by atoms with Crippen LogP contribution in [-0.2, 0) is 0 Å². The number of allylic oxidation sites excluding steroid dienone is 2. The van der Waals surface area contributed by atoms with Gasteiger partial charge in [-0.1, -0.05) is 36.1 Å². The molecule has 4 atom stereocenters. The van der Waals surface area contributed by atoms with Crippen molar-refractivity contribution in [1.29, 1.82) is 0 Å². The maximum atomic E-state index is 13.3. The summed E-state index contributed by atoms with van der Waals surface area (Å²) in [6.07, 6.45) is 12.7. The lowest BCUT2D eigenvalue weighted by atomic mass is 9.64. The minimum Gasteiger partial charge on any atom is -0.204 e. The van der Waals surface area contributed by atoms with E-state index in [9.17, 15) is 8.78 Å². The fraction of sp³-hybridized carbons (Fsp3) is 0.407. The van der Waals surface area contributed by atoms with Crippen molar-refractivity contribution in [3.63, 3.8) is 0 Å². The number of rotatable bonds is 2. The van der Waals surface area contributed by atoms with Crippen molar-refractivity contribution in [3.8, 4) is 11.8 Å². The van der Waals surface area contributed by atoms with Crippen LogP contribution in [0.15, 0.2) is 54.6 Å². The molecule has 2 aliphatic rings. The highest BCUT2D eigenvalue weighted by Gasteiger charge is 2.35. The molecule has 0 aliphatic heterocycles. The van der Waals surface area contributed by atoms with Gasteiger partial charge in [-0.25, -0.2) is 8.78 Å². The summed E-state index contributed by atoms with van der Waals surface area (Å²) in [5.41, 5.74) is 2.80. The quantitative estimate of drug-likeness (QED) is 0.374. The molecular weight excluding hydrogens is 362 g/mol. The molecule has 0 saturated heterocycles. The monoisotopic (exact) mass is 390 g/mol. The predicted octanol–water partition coefficient (Wildman–Crippen LogP) is 7.24. The Hall–Kier alpha value is -2.40. The van der Waals surface area contributed by atoms with Crippen LogP contribution in [0, 0.1) is 41.2 Å². The third kappa shape index (κ3) is 4.78. The van der Waals surface area contributed by atoms with Crippen LogP contribution in [0.25, 0.3) is 0 Å². The molecule has 2 aromatic rings. The van der Waals surface area contributed by atoms with Crippen molar-refractivity contribution < 1.29 is 8.78 Å². The van der Waals surface area contributed by atoms with Crippen molar-refractivity contribution in [2.45, 2.75) is 51.4 Å². The molecule has 4 unspecified atom stereocenters. The van der Waals surface area contributed by atoms with E-state index >= 15 is 0 Å². The zero-order chi connectivity index (χ0) is 20.2. The Balaban J connectivity index is 1.39. The van der Waals surface area contributed by atoms with E-state index in [0.29, 0.717) is 11.5 Å². The first-order valence-electron chi connectivity index (χ1n) is 10.8. The topological polar surface area (TPSA) is 0 Å². The van der Waals surface area contributed by atoms with E-state index in [-0.39, 0.29) is 0 Å². The Kier molecular flexibility index (Phi) is 6.14. The summed E-state index contributed by atoms with van der Waals surface area (Å²) in [5, 5.41) is 0. The van der Waals surface area contributed by atoms with Crippen LogP contribution in [-0.4, -0.2) is 0 Å². The van der Waals surface area contributed by atoms with Gasteiger partial charge in [0.15, 0.2) is 11.6 Å². The Bertz CT molecular complexity index is 929. The zero-order valence-electron chi connectivity index (χ0n) is 17.0. The van der Waals surface area contributed by atoms with E-state index in [2.05, 4.69) is 55.2 Å². The fourth-order valence-corrected chi connectivity index (χ4v) is 5.23. The Morgan fingerprint density at radius 2 is 1.48 bits per heavy atom. The Morgan fingerprint density at radius 1 is 0.793 bits per heavy atom.